The van der Waals surface area contributed by atoms with E-state index < -0.39 is 0 Å². The molecule has 2 fully saturated rings. The van der Waals surface area contributed by atoms with E-state index in [0.29, 0.717) is 38.1 Å². The molecule has 3 aromatic rings. The Kier molecular flexibility index (Phi) is 6.47. The van der Waals surface area contributed by atoms with Crippen molar-refractivity contribution in [3.63, 3.8) is 0 Å². The fourth-order valence-electron chi connectivity index (χ4n) is 4.82. The zero-order chi connectivity index (χ0) is 24.4. The van der Waals surface area contributed by atoms with Crippen molar-refractivity contribution in [2.24, 2.45) is 0 Å². The Morgan fingerprint density at radius 3 is 2.51 bits per heavy atom. The SMILES string of the molecule is Cc1noc(NC(=O)N2CCC3(CC2)C[C@@H](c2ccc(OCc4ccc(F)cc4)cc2)CO3)c1C. The van der Waals surface area contributed by atoms with Crippen LogP contribution in [0.25, 0.3) is 0 Å². The van der Waals surface area contributed by atoms with Crippen LogP contribution in [0.15, 0.2) is 53.1 Å². The van der Waals surface area contributed by atoms with Gasteiger partial charge in [0.15, 0.2) is 0 Å². The van der Waals surface area contributed by atoms with Crippen molar-refractivity contribution in [3.8, 4) is 5.75 Å². The average molecular weight is 480 g/mol. The fourth-order valence-corrected chi connectivity index (χ4v) is 4.82. The number of nitrogens with one attached hydrogen (secondary N) is 1. The van der Waals surface area contributed by atoms with Crippen LogP contribution < -0.4 is 10.1 Å². The molecule has 1 aromatic heterocycles. The number of piperidine rings is 1. The molecule has 5 rings (SSSR count). The van der Waals surface area contributed by atoms with Crippen LogP contribution in [0.3, 0.4) is 0 Å². The van der Waals surface area contributed by atoms with Crippen LogP contribution in [0.4, 0.5) is 15.1 Å². The highest BCUT2D eigenvalue weighted by molar-refractivity contribution is 5.88. The Bertz CT molecular complexity index is 1170. The van der Waals surface area contributed by atoms with Crippen LogP contribution in [-0.2, 0) is 11.3 Å². The number of ether oxygens (including phenoxy) is 2. The number of hydrogen-bond acceptors (Lipinski definition) is 5. The summed E-state index contributed by atoms with van der Waals surface area (Å²) < 4.78 is 30.4. The maximum Gasteiger partial charge on any atom is 0.324 e. The summed E-state index contributed by atoms with van der Waals surface area (Å²) >= 11 is 0. The maximum atomic E-state index is 13.0. The van der Waals surface area contributed by atoms with Crippen molar-refractivity contribution in [1.82, 2.24) is 10.1 Å². The minimum atomic E-state index is -0.250. The topological polar surface area (TPSA) is 76.8 Å². The Labute approximate surface area is 204 Å². The molecule has 2 aromatic carbocycles. The molecule has 35 heavy (non-hydrogen) atoms. The molecule has 1 atom stereocenters. The molecule has 8 heteroatoms. The predicted molar refractivity (Wildman–Crippen MR) is 129 cm³/mol. The van der Waals surface area contributed by atoms with Gasteiger partial charge in [-0.1, -0.05) is 29.4 Å². The van der Waals surface area contributed by atoms with E-state index in [1.54, 1.807) is 12.1 Å². The highest BCUT2D eigenvalue weighted by Gasteiger charge is 2.43. The number of likely N-dealkylation sites (tertiary alicyclic amines) is 1. The number of anilines is 1. The lowest BCUT2D eigenvalue weighted by Crippen LogP contribution is -2.47. The van der Waals surface area contributed by atoms with Gasteiger partial charge in [0.1, 0.15) is 18.2 Å². The molecule has 0 saturated carbocycles. The summed E-state index contributed by atoms with van der Waals surface area (Å²) in [7, 11) is 0. The second kappa shape index (κ2) is 9.70. The lowest BCUT2D eigenvalue weighted by Gasteiger charge is -2.38. The number of nitrogens with zero attached hydrogens (tertiary/aromatic N) is 2. The molecular formula is C27H30FN3O4. The number of benzene rings is 2. The van der Waals surface area contributed by atoms with Gasteiger partial charge in [0.05, 0.1) is 17.9 Å². The van der Waals surface area contributed by atoms with E-state index in [1.807, 2.05) is 30.9 Å². The lowest BCUT2D eigenvalue weighted by molar-refractivity contribution is -0.0355. The van der Waals surface area contributed by atoms with Gasteiger partial charge in [0, 0.05) is 24.6 Å². The van der Waals surface area contributed by atoms with Crippen LogP contribution >= 0.6 is 0 Å². The molecule has 2 amide bonds. The van der Waals surface area contributed by atoms with Gasteiger partial charge >= 0.3 is 6.03 Å². The second-order valence-corrected chi connectivity index (χ2v) is 9.52. The molecule has 184 valence electrons. The van der Waals surface area contributed by atoms with E-state index in [2.05, 4.69) is 22.6 Å². The van der Waals surface area contributed by atoms with E-state index in [0.717, 1.165) is 41.8 Å². The highest BCUT2D eigenvalue weighted by atomic mass is 19.1. The van der Waals surface area contributed by atoms with Crippen LogP contribution in [-0.4, -0.2) is 41.4 Å². The van der Waals surface area contributed by atoms with Gasteiger partial charge in [-0.15, -0.1) is 0 Å². The minimum absolute atomic E-state index is 0.162. The molecule has 3 heterocycles. The van der Waals surface area contributed by atoms with E-state index in [9.17, 15) is 9.18 Å². The van der Waals surface area contributed by atoms with Gasteiger partial charge in [-0.05, 0) is 68.5 Å². The number of aryl methyl sites for hydroxylation is 1. The summed E-state index contributed by atoms with van der Waals surface area (Å²) in [6, 6.07) is 14.3. The van der Waals surface area contributed by atoms with Crippen molar-refractivity contribution in [3.05, 3.63) is 76.7 Å². The first-order valence-electron chi connectivity index (χ1n) is 12.0. The largest absolute Gasteiger partial charge is 0.489 e. The highest BCUT2D eigenvalue weighted by Crippen LogP contribution is 2.43. The second-order valence-electron chi connectivity index (χ2n) is 9.52. The third-order valence-corrected chi connectivity index (χ3v) is 7.22. The summed E-state index contributed by atoms with van der Waals surface area (Å²) in [6.07, 6.45) is 2.56. The molecule has 2 saturated heterocycles. The van der Waals surface area contributed by atoms with Crippen LogP contribution in [0.2, 0.25) is 0 Å². The number of rotatable bonds is 5. The first-order chi connectivity index (χ1) is 16.9. The van der Waals surface area contributed by atoms with E-state index in [4.69, 9.17) is 14.0 Å². The van der Waals surface area contributed by atoms with Crippen LogP contribution in [0.1, 0.15) is 47.6 Å². The van der Waals surface area contributed by atoms with Crippen LogP contribution in [0.5, 0.6) is 5.75 Å². The standard InChI is InChI=1S/C27H30FN3O4/c1-18-19(2)30-35-25(18)29-26(32)31-13-11-27(12-14-31)15-22(17-34-27)21-5-9-24(10-6-21)33-16-20-3-7-23(28)8-4-20/h3-10,22H,11-17H2,1-2H3,(H,29,32)/t22-/m1/s1. The van der Waals surface area contributed by atoms with Crippen molar-refractivity contribution < 1.29 is 23.2 Å². The van der Waals surface area contributed by atoms with Crippen LogP contribution in [0, 0.1) is 19.7 Å². The maximum absolute atomic E-state index is 13.0. The molecule has 2 aliphatic heterocycles. The minimum Gasteiger partial charge on any atom is -0.489 e. The summed E-state index contributed by atoms with van der Waals surface area (Å²) in [5.41, 5.74) is 3.59. The van der Waals surface area contributed by atoms with Gasteiger partial charge in [-0.3, -0.25) is 5.32 Å². The number of halogens is 1. The quantitative estimate of drug-likeness (QED) is 0.517. The smallest absolute Gasteiger partial charge is 0.324 e. The summed E-state index contributed by atoms with van der Waals surface area (Å²) in [5.74, 6) is 1.26. The first kappa shape index (κ1) is 23.4. The van der Waals surface area contributed by atoms with Gasteiger partial charge in [0.2, 0.25) is 5.88 Å². The zero-order valence-corrected chi connectivity index (χ0v) is 20.1. The van der Waals surface area contributed by atoms with E-state index in [1.165, 1.54) is 17.7 Å². The monoisotopic (exact) mass is 479 g/mol. The van der Waals surface area contributed by atoms with Gasteiger partial charge in [-0.25, -0.2) is 9.18 Å². The Hall–Kier alpha value is -3.39. The van der Waals surface area contributed by atoms with E-state index >= 15 is 0 Å². The number of carbonyl (C=O) groups is 1. The van der Waals surface area contributed by atoms with Gasteiger partial charge in [0.25, 0.3) is 0 Å². The summed E-state index contributed by atoms with van der Waals surface area (Å²) in [6.45, 7) is 6.08. The summed E-state index contributed by atoms with van der Waals surface area (Å²) in [4.78, 5) is 14.5. The van der Waals surface area contributed by atoms with Crippen molar-refractivity contribution in [1.29, 1.82) is 0 Å². The van der Waals surface area contributed by atoms with Crippen molar-refractivity contribution in [2.45, 2.75) is 51.2 Å². The first-order valence-corrected chi connectivity index (χ1v) is 12.0. The number of amides is 2. The molecule has 0 radical (unpaired) electrons. The van der Waals surface area contributed by atoms with Crippen molar-refractivity contribution >= 4 is 11.9 Å². The fraction of sp³-hybridized carbons (Fsp3) is 0.407. The molecule has 0 aliphatic carbocycles. The molecule has 0 unspecified atom stereocenters. The number of carbonyl (C=O) groups excluding carboxylic acids is 1. The molecule has 1 spiro atoms. The van der Waals surface area contributed by atoms with Crippen molar-refractivity contribution in [2.75, 3.05) is 25.0 Å². The molecule has 2 aliphatic rings. The average Bonchev–Trinajstić information content (AvgIpc) is 3.43. The third-order valence-electron chi connectivity index (χ3n) is 7.22. The summed E-state index contributed by atoms with van der Waals surface area (Å²) in [5, 5.41) is 6.72. The zero-order valence-electron chi connectivity index (χ0n) is 20.1. The Morgan fingerprint density at radius 2 is 1.86 bits per heavy atom. The Balaban J connectivity index is 1.12. The third kappa shape index (κ3) is 5.17. The molecule has 0 bridgehead atoms. The van der Waals surface area contributed by atoms with Gasteiger partial charge in [-0.2, -0.15) is 0 Å². The lowest BCUT2D eigenvalue weighted by atomic mass is 9.83. The number of aromatic nitrogens is 1. The molecule has 1 N–H and O–H groups in total. The molecular weight excluding hydrogens is 449 g/mol. The normalized spacial score (nSPS) is 19.2. The predicted octanol–water partition coefficient (Wildman–Crippen LogP) is 5.58. The number of urea groups is 1. The Morgan fingerprint density at radius 1 is 1.14 bits per heavy atom. The van der Waals surface area contributed by atoms with Gasteiger partial charge < -0.3 is 18.9 Å². The molecule has 7 nitrogen and oxygen atoms in total. The number of hydrogen-bond donors (Lipinski definition) is 1. The van der Waals surface area contributed by atoms with E-state index in [-0.39, 0.29) is 17.4 Å².